The largest absolute Gasteiger partial charge is 0.394 e. The highest BCUT2D eigenvalue weighted by atomic mass is 16.5. The molecule has 5 rings (SSSR count). The van der Waals surface area contributed by atoms with Gasteiger partial charge in [-0.2, -0.15) is 0 Å². The van der Waals surface area contributed by atoms with Gasteiger partial charge < -0.3 is 30.3 Å². The number of nitrogens with one attached hydrogen (secondary N) is 2. The van der Waals surface area contributed by atoms with Crippen molar-refractivity contribution in [2.24, 2.45) is 11.8 Å². The van der Waals surface area contributed by atoms with Crippen molar-refractivity contribution in [3.8, 4) is 0 Å². The number of hydrogen-bond donors (Lipinski definition) is 3. The Morgan fingerprint density at radius 2 is 1.71 bits per heavy atom. The minimum Gasteiger partial charge on any atom is -0.394 e. The second-order valence-corrected chi connectivity index (χ2v) is 11.7. The van der Waals surface area contributed by atoms with Gasteiger partial charge >= 0.3 is 0 Å². The van der Waals surface area contributed by atoms with E-state index in [9.17, 15) is 19.5 Å². The molecule has 0 aromatic heterocycles. The van der Waals surface area contributed by atoms with Crippen molar-refractivity contribution in [3.63, 3.8) is 0 Å². The molecule has 0 radical (unpaired) electrons. The van der Waals surface area contributed by atoms with E-state index < -0.39 is 35.1 Å². The molecule has 0 aliphatic carbocycles. The van der Waals surface area contributed by atoms with E-state index in [1.807, 2.05) is 68.4 Å². The number of fused-ring (bicyclic) bond motifs is 1. The average Bonchev–Trinajstić information content (AvgIpc) is 3.62. The first-order valence-electron chi connectivity index (χ1n) is 15.4. The van der Waals surface area contributed by atoms with Crippen LogP contribution in [-0.4, -0.2) is 71.2 Å². The van der Waals surface area contributed by atoms with E-state index in [4.69, 9.17) is 4.74 Å². The number of carbonyl (C=O) groups excluding carboxylic acids is 3. The van der Waals surface area contributed by atoms with Crippen LogP contribution in [0, 0.1) is 11.8 Å². The molecule has 2 aromatic carbocycles. The van der Waals surface area contributed by atoms with Crippen molar-refractivity contribution < 1.29 is 24.2 Å². The first kappa shape index (κ1) is 30.0. The molecular weight excluding hydrogens is 532 g/mol. The Bertz CT molecular complexity index is 1280. The third kappa shape index (κ3) is 4.76. The maximum atomic E-state index is 14.5. The summed E-state index contributed by atoms with van der Waals surface area (Å²) < 4.78 is 6.84. The van der Waals surface area contributed by atoms with E-state index in [2.05, 4.69) is 29.4 Å². The van der Waals surface area contributed by atoms with Crippen LogP contribution < -0.4 is 15.5 Å². The SMILES string of the molecule is CCCNC(=O)[C@@H]1[C@H]2C(=O)N([C@H](CO)c3ccccc3)C(C(=O)Nc3ccc(N(CC)CC)cc3)C23CC[C@@]1(CC)O3. The molecule has 3 fully saturated rings. The van der Waals surface area contributed by atoms with Gasteiger partial charge in [0.05, 0.1) is 30.1 Å². The van der Waals surface area contributed by atoms with Gasteiger partial charge in [0, 0.05) is 31.0 Å². The number of nitrogens with zero attached hydrogens (tertiary/aromatic N) is 2. The summed E-state index contributed by atoms with van der Waals surface area (Å²) >= 11 is 0. The summed E-state index contributed by atoms with van der Waals surface area (Å²) in [6, 6.07) is 15.1. The first-order valence-corrected chi connectivity index (χ1v) is 15.4. The smallest absolute Gasteiger partial charge is 0.250 e. The molecule has 1 spiro atoms. The van der Waals surface area contributed by atoms with Gasteiger partial charge in [0.25, 0.3) is 0 Å². The molecule has 3 aliphatic heterocycles. The van der Waals surface area contributed by atoms with Crippen molar-refractivity contribution in [2.45, 2.75) is 76.7 Å². The van der Waals surface area contributed by atoms with Gasteiger partial charge in [0.15, 0.2) is 0 Å². The molecular formula is C33H44N4O5. The highest BCUT2D eigenvalue weighted by molar-refractivity contribution is 6.04. The quantitative estimate of drug-likeness (QED) is 0.354. The van der Waals surface area contributed by atoms with Gasteiger partial charge in [-0.3, -0.25) is 14.4 Å². The Balaban J connectivity index is 1.55. The molecule has 226 valence electrons. The number of hydrogen-bond acceptors (Lipinski definition) is 6. The number of carbonyl (C=O) groups is 3. The Labute approximate surface area is 248 Å². The summed E-state index contributed by atoms with van der Waals surface area (Å²) in [6.07, 6.45) is 2.40. The number of ether oxygens (including phenoxy) is 1. The van der Waals surface area contributed by atoms with Crippen molar-refractivity contribution >= 4 is 29.1 Å². The van der Waals surface area contributed by atoms with E-state index in [0.29, 0.717) is 31.5 Å². The van der Waals surface area contributed by atoms with Gasteiger partial charge in [-0.1, -0.05) is 44.2 Å². The number of aliphatic hydroxyl groups is 1. The Kier molecular flexibility index (Phi) is 8.62. The molecule has 3 amide bonds. The number of amides is 3. The number of likely N-dealkylation sites (tertiary alicyclic amines) is 1. The zero-order valence-corrected chi connectivity index (χ0v) is 25.1. The molecule has 3 saturated heterocycles. The zero-order valence-electron chi connectivity index (χ0n) is 25.1. The third-order valence-electron chi connectivity index (χ3n) is 9.66. The lowest BCUT2D eigenvalue weighted by Crippen LogP contribution is -2.54. The van der Waals surface area contributed by atoms with Crippen LogP contribution in [0.25, 0.3) is 0 Å². The van der Waals surface area contributed by atoms with Crippen molar-refractivity contribution in [2.75, 3.05) is 36.5 Å². The standard InChI is InChI=1S/C33H44N4O5/c1-5-20-34-29(39)26-27-31(41)37(25(21-38)22-12-10-9-11-13-22)28(33(27)19-18-32(26,6-2)42-33)30(40)35-23-14-16-24(17-15-23)36(7-3)8-4/h9-17,25-28,38H,5-8,18-21H2,1-4H3,(H,34,39)(H,35,40)/t25-,26+,27+,28?,32-,33?/m1/s1. The fourth-order valence-electron chi connectivity index (χ4n) is 7.63. The topological polar surface area (TPSA) is 111 Å². The van der Waals surface area contributed by atoms with Gasteiger partial charge in [-0.15, -0.1) is 0 Å². The van der Waals surface area contributed by atoms with Crippen LogP contribution in [-0.2, 0) is 19.1 Å². The lowest BCUT2D eigenvalue weighted by molar-refractivity contribution is -0.149. The van der Waals surface area contributed by atoms with Crippen LogP contribution in [0.3, 0.4) is 0 Å². The first-order chi connectivity index (χ1) is 20.3. The molecule has 3 aliphatic rings. The normalized spacial score (nSPS) is 28.5. The Morgan fingerprint density at radius 3 is 2.31 bits per heavy atom. The van der Waals surface area contributed by atoms with Crippen LogP contribution >= 0.6 is 0 Å². The van der Waals surface area contributed by atoms with Crippen LogP contribution in [0.4, 0.5) is 11.4 Å². The van der Waals surface area contributed by atoms with E-state index in [1.165, 1.54) is 4.90 Å². The molecule has 3 heterocycles. The fraction of sp³-hybridized carbons (Fsp3) is 0.545. The molecule has 2 aromatic rings. The van der Waals surface area contributed by atoms with E-state index in [1.54, 1.807) is 0 Å². The van der Waals surface area contributed by atoms with Gasteiger partial charge in [0.2, 0.25) is 17.7 Å². The van der Waals surface area contributed by atoms with Gasteiger partial charge in [0.1, 0.15) is 11.6 Å². The lowest BCUT2D eigenvalue weighted by atomic mass is 9.65. The molecule has 0 saturated carbocycles. The lowest BCUT2D eigenvalue weighted by Gasteiger charge is -2.37. The van der Waals surface area contributed by atoms with Crippen LogP contribution in [0.1, 0.15) is 65.0 Å². The number of benzene rings is 2. The maximum Gasteiger partial charge on any atom is 0.250 e. The monoisotopic (exact) mass is 576 g/mol. The minimum absolute atomic E-state index is 0.202. The molecule has 3 N–H and O–H groups in total. The predicted molar refractivity (Wildman–Crippen MR) is 162 cm³/mol. The highest BCUT2D eigenvalue weighted by Gasteiger charge is 2.79. The minimum atomic E-state index is -1.17. The summed E-state index contributed by atoms with van der Waals surface area (Å²) in [6.45, 7) is 10.0. The Hall–Kier alpha value is -3.43. The third-order valence-corrected chi connectivity index (χ3v) is 9.66. The van der Waals surface area contributed by atoms with Crippen LogP contribution in [0.15, 0.2) is 54.6 Å². The molecule has 9 nitrogen and oxygen atoms in total. The van der Waals surface area contributed by atoms with E-state index in [0.717, 1.165) is 30.8 Å². The fourth-order valence-corrected chi connectivity index (χ4v) is 7.63. The average molecular weight is 577 g/mol. The van der Waals surface area contributed by atoms with Gasteiger partial charge in [-0.25, -0.2) is 0 Å². The van der Waals surface area contributed by atoms with Crippen molar-refractivity contribution in [3.05, 3.63) is 60.2 Å². The number of aliphatic hydroxyl groups excluding tert-OH is 1. The van der Waals surface area contributed by atoms with E-state index >= 15 is 0 Å². The molecule has 2 bridgehead atoms. The summed E-state index contributed by atoms with van der Waals surface area (Å²) in [5.74, 6) is -2.42. The van der Waals surface area contributed by atoms with Crippen LogP contribution in [0.5, 0.6) is 0 Å². The summed E-state index contributed by atoms with van der Waals surface area (Å²) in [5, 5.41) is 16.7. The van der Waals surface area contributed by atoms with E-state index in [-0.39, 0.29) is 24.3 Å². The molecule has 6 atom stereocenters. The maximum absolute atomic E-state index is 14.5. The second kappa shape index (κ2) is 12.1. The Morgan fingerprint density at radius 1 is 1.02 bits per heavy atom. The zero-order chi connectivity index (χ0) is 30.1. The summed E-state index contributed by atoms with van der Waals surface area (Å²) in [7, 11) is 0. The highest BCUT2D eigenvalue weighted by Crippen LogP contribution is 2.65. The molecule has 42 heavy (non-hydrogen) atoms. The van der Waals surface area contributed by atoms with Crippen LogP contribution in [0.2, 0.25) is 0 Å². The van der Waals surface area contributed by atoms with Crippen molar-refractivity contribution in [1.29, 1.82) is 0 Å². The predicted octanol–water partition coefficient (Wildman–Crippen LogP) is 3.89. The summed E-state index contributed by atoms with van der Waals surface area (Å²) in [5.41, 5.74) is 0.406. The second-order valence-electron chi connectivity index (χ2n) is 11.7. The molecule has 2 unspecified atom stereocenters. The number of rotatable bonds is 12. The van der Waals surface area contributed by atoms with Crippen molar-refractivity contribution in [1.82, 2.24) is 10.2 Å². The number of anilines is 2. The molecule has 9 heteroatoms. The van der Waals surface area contributed by atoms with Gasteiger partial charge in [-0.05, 0) is 69.4 Å². The summed E-state index contributed by atoms with van der Waals surface area (Å²) in [4.78, 5) is 46.2.